The molecular formula is C21H24F3N3O2. The first kappa shape index (κ1) is 21.0. The second-order valence-electron chi connectivity index (χ2n) is 7.07. The van der Waals surface area contributed by atoms with E-state index in [2.05, 4.69) is 17.1 Å². The molecule has 1 aliphatic rings. The van der Waals surface area contributed by atoms with Gasteiger partial charge in [-0.15, -0.1) is 0 Å². The molecule has 2 aromatic carbocycles. The highest BCUT2D eigenvalue weighted by Gasteiger charge is 2.30. The summed E-state index contributed by atoms with van der Waals surface area (Å²) >= 11 is 0. The third-order valence-corrected chi connectivity index (χ3v) is 4.73. The molecule has 1 unspecified atom stereocenters. The fourth-order valence-corrected chi connectivity index (χ4v) is 3.37. The minimum absolute atomic E-state index is 0.0891. The number of hydrogen-bond acceptors (Lipinski definition) is 4. The normalized spacial score (nSPS) is 16.3. The van der Waals surface area contributed by atoms with E-state index in [0.717, 1.165) is 36.7 Å². The van der Waals surface area contributed by atoms with Gasteiger partial charge in [0.05, 0.1) is 24.3 Å². The Bertz CT molecular complexity index is 840. The molecule has 156 valence electrons. The van der Waals surface area contributed by atoms with Crippen molar-refractivity contribution in [3.8, 4) is 5.75 Å². The van der Waals surface area contributed by atoms with Crippen molar-refractivity contribution in [3.63, 3.8) is 0 Å². The molecule has 1 heterocycles. The number of nitrogens with one attached hydrogen (secondary N) is 1. The molecule has 8 heteroatoms. The zero-order chi connectivity index (χ0) is 21.0. The molecule has 0 saturated carbocycles. The van der Waals surface area contributed by atoms with Crippen LogP contribution < -0.4 is 15.0 Å². The number of benzene rings is 2. The van der Waals surface area contributed by atoms with Crippen LogP contribution >= 0.6 is 0 Å². The van der Waals surface area contributed by atoms with Gasteiger partial charge in [-0.05, 0) is 50.4 Å². The van der Waals surface area contributed by atoms with Crippen molar-refractivity contribution >= 4 is 17.3 Å². The second-order valence-corrected chi connectivity index (χ2v) is 7.07. The lowest BCUT2D eigenvalue weighted by Crippen LogP contribution is -2.46. The lowest BCUT2D eigenvalue weighted by Gasteiger charge is -2.37. The van der Waals surface area contributed by atoms with Crippen molar-refractivity contribution in [3.05, 3.63) is 54.1 Å². The molecule has 0 fully saturated rings. The zero-order valence-corrected chi connectivity index (χ0v) is 16.4. The summed E-state index contributed by atoms with van der Waals surface area (Å²) in [5.41, 5.74) is 0.646. The lowest BCUT2D eigenvalue weighted by atomic mass is 10.2. The SMILES string of the molecule is CCN1CC(CN(C)CC(=O)Nc2ccc(C(F)(F)F)cc2)Oc2ccccc21. The Kier molecular flexibility index (Phi) is 6.32. The smallest absolute Gasteiger partial charge is 0.416 e. The van der Waals surface area contributed by atoms with Gasteiger partial charge in [0.15, 0.2) is 0 Å². The van der Waals surface area contributed by atoms with E-state index in [9.17, 15) is 18.0 Å². The number of fused-ring (bicyclic) bond motifs is 1. The Morgan fingerprint density at radius 1 is 1.21 bits per heavy atom. The minimum atomic E-state index is -4.40. The fourth-order valence-electron chi connectivity index (χ4n) is 3.37. The maximum atomic E-state index is 12.6. The Morgan fingerprint density at radius 3 is 2.55 bits per heavy atom. The van der Waals surface area contributed by atoms with Gasteiger partial charge in [0, 0.05) is 18.8 Å². The standard InChI is InChI=1S/C21H24F3N3O2/c1-3-27-13-17(29-19-7-5-4-6-18(19)27)12-26(2)14-20(28)25-16-10-8-15(9-11-16)21(22,23)24/h4-11,17H,3,12-14H2,1-2H3,(H,25,28). The molecule has 1 atom stereocenters. The topological polar surface area (TPSA) is 44.8 Å². The Labute approximate surface area is 168 Å². The fraction of sp³-hybridized carbons (Fsp3) is 0.381. The van der Waals surface area contributed by atoms with Crippen molar-refractivity contribution in [1.29, 1.82) is 0 Å². The number of carbonyl (C=O) groups is 1. The number of nitrogens with zero attached hydrogens (tertiary/aromatic N) is 2. The number of halogens is 3. The molecule has 29 heavy (non-hydrogen) atoms. The van der Waals surface area contributed by atoms with Crippen molar-refractivity contribution in [2.45, 2.75) is 19.2 Å². The van der Waals surface area contributed by atoms with Gasteiger partial charge in [0.2, 0.25) is 5.91 Å². The van der Waals surface area contributed by atoms with Crippen molar-refractivity contribution in [2.75, 3.05) is 43.4 Å². The number of carbonyl (C=O) groups excluding carboxylic acids is 1. The summed E-state index contributed by atoms with van der Waals surface area (Å²) in [6.07, 6.45) is -4.48. The van der Waals surface area contributed by atoms with Crippen LogP contribution in [0.3, 0.4) is 0 Å². The van der Waals surface area contributed by atoms with E-state index in [1.54, 1.807) is 0 Å². The van der Waals surface area contributed by atoms with Gasteiger partial charge < -0.3 is 15.0 Å². The van der Waals surface area contributed by atoms with Gasteiger partial charge in [-0.2, -0.15) is 13.2 Å². The summed E-state index contributed by atoms with van der Waals surface area (Å²) < 4.78 is 43.9. The van der Waals surface area contributed by atoms with Crippen LogP contribution in [0.1, 0.15) is 12.5 Å². The number of hydrogen-bond donors (Lipinski definition) is 1. The highest BCUT2D eigenvalue weighted by molar-refractivity contribution is 5.92. The van der Waals surface area contributed by atoms with Gasteiger partial charge in [0.25, 0.3) is 0 Å². The van der Waals surface area contributed by atoms with Gasteiger partial charge in [-0.25, -0.2) is 0 Å². The predicted molar refractivity (Wildman–Crippen MR) is 106 cm³/mol. The molecule has 5 nitrogen and oxygen atoms in total. The number of para-hydroxylation sites is 2. The summed E-state index contributed by atoms with van der Waals surface area (Å²) in [6.45, 7) is 4.31. The van der Waals surface area contributed by atoms with E-state index in [4.69, 9.17) is 4.74 Å². The van der Waals surface area contributed by atoms with Crippen molar-refractivity contribution in [2.24, 2.45) is 0 Å². The van der Waals surface area contributed by atoms with Crippen LogP contribution in [0.2, 0.25) is 0 Å². The molecule has 3 rings (SSSR count). The summed E-state index contributed by atoms with van der Waals surface area (Å²) in [6, 6.07) is 12.3. The Balaban J connectivity index is 1.53. The number of likely N-dealkylation sites (N-methyl/N-ethyl adjacent to an activating group) is 2. The number of rotatable bonds is 6. The zero-order valence-electron chi connectivity index (χ0n) is 16.4. The molecule has 0 aliphatic carbocycles. The van der Waals surface area contributed by atoms with Crippen LogP contribution in [0.15, 0.2) is 48.5 Å². The van der Waals surface area contributed by atoms with Crippen molar-refractivity contribution in [1.82, 2.24) is 4.90 Å². The van der Waals surface area contributed by atoms with E-state index >= 15 is 0 Å². The van der Waals surface area contributed by atoms with E-state index in [1.165, 1.54) is 12.1 Å². The van der Waals surface area contributed by atoms with Crippen LogP contribution in [0.4, 0.5) is 24.5 Å². The van der Waals surface area contributed by atoms with Crippen LogP contribution in [0.5, 0.6) is 5.75 Å². The molecule has 1 aliphatic heterocycles. The number of ether oxygens (including phenoxy) is 1. The highest BCUT2D eigenvalue weighted by atomic mass is 19.4. The van der Waals surface area contributed by atoms with Crippen LogP contribution in [0.25, 0.3) is 0 Å². The summed E-state index contributed by atoms with van der Waals surface area (Å²) in [4.78, 5) is 16.3. The van der Waals surface area contributed by atoms with Crippen LogP contribution in [0, 0.1) is 0 Å². The molecule has 0 radical (unpaired) electrons. The first-order chi connectivity index (χ1) is 13.8. The summed E-state index contributed by atoms with van der Waals surface area (Å²) in [7, 11) is 1.81. The van der Waals surface area contributed by atoms with E-state index in [0.29, 0.717) is 12.2 Å². The number of amides is 1. The molecule has 0 saturated heterocycles. The lowest BCUT2D eigenvalue weighted by molar-refractivity contribution is -0.137. The third kappa shape index (κ3) is 5.41. The number of anilines is 2. The second kappa shape index (κ2) is 8.73. The average molecular weight is 407 g/mol. The molecule has 0 spiro atoms. The van der Waals surface area contributed by atoms with E-state index < -0.39 is 11.7 Å². The molecule has 2 aromatic rings. The van der Waals surface area contributed by atoms with E-state index in [-0.39, 0.29) is 18.6 Å². The molecule has 1 amide bonds. The van der Waals surface area contributed by atoms with Crippen LogP contribution in [-0.2, 0) is 11.0 Å². The number of alkyl halides is 3. The molecule has 1 N–H and O–H groups in total. The maximum absolute atomic E-state index is 12.6. The predicted octanol–water partition coefficient (Wildman–Crippen LogP) is 3.86. The van der Waals surface area contributed by atoms with Gasteiger partial charge in [0.1, 0.15) is 11.9 Å². The maximum Gasteiger partial charge on any atom is 0.416 e. The Hall–Kier alpha value is -2.74. The average Bonchev–Trinajstić information content (AvgIpc) is 2.66. The van der Waals surface area contributed by atoms with Crippen molar-refractivity contribution < 1.29 is 22.7 Å². The summed E-state index contributed by atoms with van der Waals surface area (Å²) in [5.74, 6) is 0.532. The minimum Gasteiger partial charge on any atom is -0.485 e. The first-order valence-electron chi connectivity index (χ1n) is 9.42. The largest absolute Gasteiger partial charge is 0.485 e. The monoisotopic (exact) mass is 407 g/mol. The van der Waals surface area contributed by atoms with Gasteiger partial charge in [-0.3, -0.25) is 9.69 Å². The third-order valence-electron chi connectivity index (χ3n) is 4.73. The highest BCUT2D eigenvalue weighted by Crippen LogP contribution is 2.33. The summed E-state index contributed by atoms with van der Waals surface area (Å²) in [5, 5.41) is 2.63. The van der Waals surface area contributed by atoms with Gasteiger partial charge in [-0.1, -0.05) is 12.1 Å². The molecular weight excluding hydrogens is 383 g/mol. The van der Waals surface area contributed by atoms with Crippen LogP contribution in [-0.4, -0.2) is 50.1 Å². The molecule has 0 bridgehead atoms. The first-order valence-corrected chi connectivity index (χ1v) is 9.42. The Morgan fingerprint density at radius 2 is 1.90 bits per heavy atom. The molecule has 0 aromatic heterocycles. The quantitative estimate of drug-likeness (QED) is 0.790. The van der Waals surface area contributed by atoms with E-state index in [1.807, 2.05) is 36.2 Å². The van der Waals surface area contributed by atoms with Gasteiger partial charge >= 0.3 is 6.18 Å².